The third-order valence-electron chi connectivity index (χ3n) is 4.92. The second-order valence-electron chi connectivity index (χ2n) is 7.00. The van der Waals surface area contributed by atoms with E-state index in [1.807, 2.05) is 12.1 Å². The van der Waals surface area contributed by atoms with Crippen molar-refractivity contribution in [1.29, 1.82) is 0 Å². The van der Waals surface area contributed by atoms with E-state index in [-0.39, 0.29) is 4.90 Å². The highest BCUT2D eigenvalue weighted by Gasteiger charge is 2.28. The van der Waals surface area contributed by atoms with Crippen LogP contribution in [-0.4, -0.2) is 26.4 Å². The monoisotopic (exact) mass is 389 g/mol. The number of rotatable bonds is 5. The van der Waals surface area contributed by atoms with Gasteiger partial charge in [0, 0.05) is 30.5 Å². The molecule has 1 aliphatic heterocycles. The zero-order valence-corrected chi connectivity index (χ0v) is 16.2. The first-order valence-electron chi connectivity index (χ1n) is 8.90. The van der Waals surface area contributed by atoms with Gasteiger partial charge in [0.25, 0.3) is 15.7 Å². The number of anilines is 2. The van der Waals surface area contributed by atoms with E-state index in [9.17, 15) is 18.5 Å². The molecule has 0 radical (unpaired) electrons. The van der Waals surface area contributed by atoms with Gasteiger partial charge in [-0.05, 0) is 55.5 Å². The normalized spacial score (nSPS) is 15.6. The van der Waals surface area contributed by atoms with Crippen molar-refractivity contribution in [2.45, 2.75) is 31.6 Å². The number of nitrogens with one attached hydrogen (secondary N) is 1. The van der Waals surface area contributed by atoms with Gasteiger partial charge in [-0.2, -0.15) is 0 Å². The largest absolute Gasteiger partial charge is 0.372 e. The number of benzene rings is 2. The van der Waals surface area contributed by atoms with E-state index in [0.29, 0.717) is 11.3 Å². The topological polar surface area (TPSA) is 92.5 Å². The van der Waals surface area contributed by atoms with Gasteiger partial charge in [-0.1, -0.05) is 19.1 Å². The minimum absolute atomic E-state index is 0.302. The van der Waals surface area contributed by atoms with Gasteiger partial charge in [-0.25, -0.2) is 8.42 Å². The molecule has 0 bridgehead atoms. The number of nitrogens with zero attached hydrogens (tertiary/aromatic N) is 2. The Hall–Kier alpha value is -2.61. The molecule has 3 rings (SSSR count). The number of nitro benzene ring substituents is 1. The summed E-state index contributed by atoms with van der Waals surface area (Å²) in [5, 5.41) is 11.2. The molecule has 144 valence electrons. The van der Waals surface area contributed by atoms with Crippen LogP contribution < -0.4 is 9.62 Å². The summed E-state index contributed by atoms with van der Waals surface area (Å²) in [4.78, 5) is 12.5. The summed E-state index contributed by atoms with van der Waals surface area (Å²) < 4.78 is 27.9. The van der Waals surface area contributed by atoms with Gasteiger partial charge in [-0.3, -0.25) is 14.8 Å². The van der Waals surface area contributed by atoms with E-state index in [0.717, 1.165) is 37.5 Å². The van der Waals surface area contributed by atoms with Crippen LogP contribution in [0.1, 0.15) is 25.3 Å². The second kappa shape index (κ2) is 7.56. The molecule has 0 unspecified atom stereocenters. The standard InChI is InChI=1S/C19H23N3O4S/c1-14-10-12-21(13-11-14)17-8-6-16(7-9-17)20-27(25,26)19-15(2)4-3-5-18(19)22(23)24/h3-9,14,20H,10-13H2,1-2H3. The summed E-state index contributed by atoms with van der Waals surface area (Å²) in [6.45, 7) is 5.77. The van der Waals surface area contributed by atoms with Crippen molar-refractivity contribution < 1.29 is 13.3 Å². The lowest BCUT2D eigenvalue weighted by molar-refractivity contribution is -0.387. The Morgan fingerprint density at radius 2 is 1.74 bits per heavy atom. The van der Waals surface area contributed by atoms with E-state index in [1.165, 1.54) is 12.1 Å². The molecule has 1 heterocycles. The van der Waals surface area contributed by atoms with Crippen LogP contribution in [0.5, 0.6) is 0 Å². The van der Waals surface area contributed by atoms with Crippen molar-refractivity contribution in [3.8, 4) is 0 Å². The summed E-state index contributed by atoms with van der Waals surface area (Å²) in [6, 6.07) is 11.3. The molecule has 0 amide bonds. The molecule has 1 aliphatic rings. The predicted molar refractivity (Wildman–Crippen MR) is 106 cm³/mol. The van der Waals surface area contributed by atoms with E-state index >= 15 is 0 Å². The van der Waals surface area contributed by atoms with E-state index in [4.69, 9.17) is 0 Å². The molecule has 0 aliphatic carbocycles. The summed E-state index contributed by atoms with van der Waals surface area (Å²) in [5.74, 6) is 0.734. The van der Waals surface area contributed by atoms with Crippen LogP contribution in [0, 0.1) is 23.0 Å². The molecule has 2 aromatic carbocycles. The minimum atomic E-state index is -4.07. The lowest BCUT2D eigenvalue weighted by atomic mass is 9.99. The fraction of sp³-hybridized carbons (Fsp3) is 0.368. The Kier molecular flexibility index (Phi) is 5.36. The minimum Gasteiger partial charge on any atom is -0.372 e. The first-order chi connectivity index (χ1) is 12.8. The average molecular weight is 389 g/mol. The number of aryl methyl sites for hydroxylation is 1. The molecule has 27 heavy (non-hydrogen) atoms. The lowest BCUT2D eigenvalue weighted by Gasteiger charge is -2.32. The van der Waals surface area contributed by atoms with Gasteiger partial charge in [0.05, 0.1) is 4.92 Å². The van der Waals surface area contributed by atoms with Crippen LogP contribution in [0.4, 0.5) is 17.1 Å². The van der Waals surface area contributed by atoms with Gasteiger partial charge in [0.1, 0.15) is 0 Å². The lowest BCUT2D eigenvalue weighted by Crippen LogP contribution is -2.32. The van der Waals surface area contributed by atoms with Crippen LogP contribution in [0.15, 0.2) is 47.4 Å². The van der Waals surface area contributed by atoms with Gasteiger partial charge >= 0.3 is 0 Å². The van der Waals surface area contributed by atoms with Crippen molar-refractivity contribution in [3.63, 3.8) is 0 Å². The molecular weight excluding hydrogens is 366 g/mol. The van der Waals surface area contributed by atoms with Crippen LogP contribution in [0.3, 0.4) is 0 Å². The van der Waals surface area contributed by atoms with Crippen LogP contribution in [-0.2, 0) is 10.0 Å². The van der Waals surface area contributed by atoms with Crippen molar-refractivity contribution in [1.82, 2.24) is 0 Å². The third-order valence-corrected chi connectivity index (χ3v) is 6.50. The molecule has 0 spiro atoms. The summed E-state index contributed by atoms with van der Waals surface area (Å²) in [6.07, 6.45) is 2.29. The number of nitro groups is 1. The highest BCUT2D eigenvalue weighted by atomic mass is 32.2. The highest BCUT2D eigenvalue weighted by molar-refractivity contribution is 7.93. The predicted octanol–water partition coefficient (Wildman–Crippen LogP) is 3.94. The molecule has 2 aromatic rings. The Morgan fingerprint density at radius 3 is 2.33 bits per heavy atom. The molecule has 1 fully saturated rings. The fourth-order valence-electron chi connectivity index (χ4n) is 3.34. The molecule has 0 atom stereocenters. The number of sulfonamides is 1. The SMILES string of the molecule is Cc1cccc([N+](=O)[O-])c1S(=O)(=O)Nc1ccc(N2CCC(C)CC2)cc1. The molecule has 8 heteroatoms. The van der Waals surface area contributed by atoms with E-state index in [1.54, 1.807) is 25.1 Å². The average Bonchev–Trinajstić information content (AvgIpc) is 2.62. The molecule has 7 nitrogen and oxygen atoms in total. The second-order valence-corrected chi connectivity index (χ2v) is 8.62. The Morgan fingerprint density at radius 1 is 1.11 bits per heavy atom. The van der Waals surface area contributed by atoms with Gasteiger partial charge in [-0.15, -0.1) is 0 Å². The molecule has 1 saturated heterocycles. The number of hydrogen-bond acceptors (Lipinski definition) is 5. The van der Waals surface area contributed by atoms with Crippen LogP contribution in [0.25, 0.3) is 0 Å². The molecule has 0 aromatic heterocycles. The molecule has 1 N–H and O–H groups in total. The van der Waals surface area contributed by atoms with Gasteiger partial charge in [0.15, 0.2) is 4.90 Å². The number of hydrogen-bond donors (Lipinski definition) is 1. The summed E-state index contributed by atoms with van der Waals surface area (Å²) in [7, 11) is -4.07. The van der Waals surface area contributed by atoms with Crippen molar-refractivity contribution >= 4 is 27.1 Å². The summed E-state index contributed by atoms with van der Waals surface area (Å²) >= 11 is 0. The Balaban J connectivity index is 1.82. The van der Waals surface area contributed by atoms with Gasteiger partial charge in [0.2, 0.25) is 0 Å². The van der Waals surface area contributed by atoms with Crippen LogP contribution in [0.2, 0.25) is 0 Å². The maximum absolute atomic E-state index is 12.7. The maximum atomic E-state index is 12.7. The third kappa shape index (κ3) is 4.21. The van der Waals surface area contributed by atoms with Crippen molar-refractivity contribution in [2.75, 3.05) is 22.7 Å². The number of piperidine rings is 1. The smallest absolute Gasteiger partial charge is 0.290 e. The molecule has 0 saturated carbocycles. The van der Waals surface area contributed by atoms with Crippen LogP contribution >= 0.6 is 0 Å². The zero-order valence-electron chi connectivity index (χ0n) is 15.4. The molecular formula is C19H23N3O4S. The fourth-order valence-corrected chi connectivity index (χ4v) is 4.80. The quantitative estimate of drug-likeness (QED) is 0.618. The van der Waals surface area contributed by atoms with Crippen molar-refractivity contribution in [3.05, 3.63) is 58.1 Å². The highest BCUT2D eigenvalue weighted by Crippen LogP contribution is 2.30. The van der Waals surface area contributed by atoms with E-state index in [2.05, 4.69) is 16.5 Å². The first kappa shape index (κ1) is 19.2. The zero-order chi connectivity index (χ0) is 19.6. The van der Waals surface area contributed by atoms with Gasteiger partial charge < -0.3 is 4.90 Å². The first-order valence-corrected chi connectivity index (χ1v) is 10.4. The summed E-state index contributed by atoms with van der Waals surface area (Å²) in [5.41, 5.74) is 1.32. The Labute approximate surface area is 159 Å². The maximum Gasteiger partial charge on any atom is 0.290 e. The Bertz CT molecular complexity index is 934. The van der Waals surface area contributed by atoms with Crippen molar-refractivity contribution in [2.24, 2.45) is 5.92 Å². The van der Waals surface area contributed by atoms with E-state index < -0.39 is 20.6 Å².